The van der Waals surface area contributed by atoms with Gasteiger partial charge in [0.2, 0.25) is 5.91 Å². The highest BCUT2D eigenvalue weighted by Gasteiger charge is 2.40. The molecule has 0 aliphatic carbocycles. The van der Waals surface area contributed by atoms with Crippen LogP contribution in [0.5, 0.6) is 0 Å². The standard InChI is InChI=1S/C13H19N3OS/c14-12(17)10-5-11(18-7-10)6-16-4-2-13(9-16)1-3-15-8-13/h5,7,15H,1-4,6,8-9H2,(H2,14,17). The lowest BCUT2D eigenvalue weighted by molar-refractivity contribution is 0.100. The Morgan fingerprint density at radius 1 is 1.56 bits per heavy atom. The molecule has 2 saturated heterocycles. The van der Waals surface area contributed by atoms with Gasteiger partial charge in [-0.05, 0) is 37.4 Å². The van der Waals surface area contributed by atoms with E-state index in [1.165, 1.54) is 43.9 Å². The second-order valence-corrected chi connectivity index (χ2v) is 6.55. The highest BCUT2D eigenvalue weighted by Crippen LogP contribution is 2.36. The van der Waals surface area contributed by atoms with Crippen LogP contribution < -0.4 is 11.1 Å². The van der Waals surface area contributed by atoms with E-state index in [0.717, 1.165) is 6.54 Å². The highest BCUT2D eigenvalue weighted by atomic mass is 32.1. The van der Waals surface area contributed by atoms with Crippen molar-refractivity contribution in [1.29, 1.82) is 0 Å². The van der Waals surface area contributed by atoms with E-state index in [0.29, 0.717) is 11.0 Å². The number of amides is 1. The Morgan fingerprint density at radius 3 is 3.11 bits per heavy atom. The molecule has 1 spiro atoms. The molecule has 1 amide bonds. The van der Waals surface area contributed by atoms with Gasteiger partial charge in [0.15, 0.2) is 0 Å². The number of nitrogens with two attached hydrogens (primary N) is 1. The fourth-order valence-corrected chi connectivity index (χ4v) is 4.03. The number of hydrogen-bond donors (Lipinski definition) is 2. The SMILES string of the molecule is NC(=O)c1csc(CN2CCC3(CCNC3)C2)c1. The van der Waals surface area contributed by atoms with E-state index in [-0.39, 0.29) is 5.91 Å². The van der Waals surface area contributed by atoms with Crippen molar-refractivity contribution in [2.75, 3.05) is 26.2 Å². The molecule has 1 aromatic rings. The van der Waals surface area contributed by atoms with E-state index in [4.69, 9.17) is 5.73 Å². The van der Waals surface area contributed by atoms with E-state index >= 15 is 0 Å². The van der Waals surface area contributed by atoms with Crippen LogP contribution in [0.15, 0.2) is 11.4 Å². The predicted octanol–water partition coefficient (Wildman–Crippen LogP) is 1.03. The van der Waals surface area contributed by atoms with Gasteiger partial charge in [0.05, 0.1) is 5.56 Å². The molecule has 0 aromatic carbocycles. The number of nitrogens with zero attached hydrogens (tertiary/aromatic N) is 1. The maximum atomic E-state index is 11.1. The van der Waals surface area contributed by atoms with Gasteiger partial charge in [0, 0.05) is 29.9 Å². The molecular weight excluding hydrogens is 246 g/mol. The number of likely N-dealkylation sites (tertiary alicyclic amines) is 1. The summed E-state index contributed by atoms with van der Waals surface area (Å²) < 4.78 is 0. The summed E-state index contributed by atoms with van der Waals surface area (Å²) in [5.74, 6) is -0.324. The minimum Gasteiger partial charge on any atom is -0.366 e. The molecule has 0 saturated carbocycles. The van der Waals surface area contributed by atoms with Crippen molar-refractivity contribution in [2.24, 2.45) is 11.1 Å². The maximum absolute atomic E-state index is 11.1. The van der Waals surface area contributed by atoms with E-state index in [1.807, 2.05) is 11.4 Å². The molecule has 2 fully saturated rings. The zero-order chi connectivity index (χ0) is 12.6. The van der Waals surface area contributed by atoms with Crippen molar-refractivity contribution in [3.05, 3.63) is 21.9 Å². The van der Waals surface area contributed by atoms with Gasteiger partial charge in [-0.15, -0.1) is 11.3 Å². The molecule has 18 heavy (non-hydrogen) atoms. The minimum atomic E-state index is -0.324. The topological polar surface area (TPSA) is 58.4 Å². The first-order valence-corrected chi connectivity index (χ1v) is 7.35. The van der Waals surface area contributed by atoms with Crippen LogP contribution in [0.25, 0.3) is 0 Å². The lowest BCUT2D eigenvalue weighted by Gasteiger charge is -2.22. The van der Waals surface area contributed by atoms with Crippen molar-refractivity contribution in [3.8, 4) is 0 Å². The van der Waals surface area contributed by atoms with Crippen LogP contribution in [0.2, 0.25) is 0 Å². The van der Waals surface area contributed by atoms with Crippen molar-refractivity contribution in [1.82, 2.24) is 10.2 Å². The third-order valence-corrected chi connectivity index (χ3v) is 5.09. The van der Waals surface area contributed by atoms with Crippen LogP contribution in [0.3, 0.4) is 0 Å². The average molecular weight is 265 g/mol. The van der Waals surface area contributed by atoms with Crippen molar-refractivity contribution < 1.29 is 4.79 Å². The molecule has 98 valence electrons. The number of thiophene rings is 1. The van der Waals surface area contributed by atoms with Gasteiger partial charge in [-0.2, -0.15) is 0 Å². The van der Waals surface area contributed by atoms with Crippen LogP contribution in [0.4, 0.5) is 0 Å². The van der Waals surface area contributed by atoms with Crippen LogP contribution in [0, 0.1) is 5.41 Å². The Hall–Kier alpha value is -0.910. The summed E-state index contributed by atoms with van der Waals surface area (Å²) in [6, 6.07) is 1.94. The number of rotatable bonds is 3. The van der Waals surface area contributed by atoms with Gasteiger partial charge in [-0.3, -0.25) is 9.69 Å². The summed E-state index contributed by atoms with van der Waals surface area (Å²) in [4.78, 5) is 14.8. The molecule has 1 atom stereocenters. The Bertz CT molecular complexity index is 451. The maximum Gasteiger partial charge on any atom is 0.249 e. The number of primary amides is 1. The minimum absolute atomic E-state index is 0.324. The zero-order valence-corrected chi connectivity index (χ0v) is 11.3. The monoisotopic (exact) mass is 265 g/mol. The second-order valence-electron chi connectivity index (χ2n) is 5.55. The molecule has 4 nitrogen and oxygen atoms in total. The normalized spacial score (nSPS) is 28.2. The molecule has 1 unspecified atom stereocenters. The number of nitrogens with one attached hydrogen (secondary N) is 1. The molecular formula is C13H19N3OS. The predicted molar refractivity (Wildman–Crippen MR) is 72.7 cm³/mol. The number of carbonyl (C=O) groups is 1. The van der Waals surface area contributed by atoms with Gasteiger partial charge in [-0.25, -0.2) is 0 Å². The number of carbonyl (C=O) groups excluding carboxylic acids is 1. The molecule has 0 bridgehead atoms. The Labute approximate surface area is 111 Å². The number of hydrogen-bond acceptors (Lipinski definition) is 4. The van der Waals surface area contributed by atoms with E-state index in [1.54, 1.807) is 11.3 Å². The molecule has 3 heterocycles. The Kier molecular flexibility index (Phi) is 3.13. The summed E-state index contributed by atoms with van der Waals surface area (Å²) >= 11 is 1.64. The summed E-state index contributed by atoms with van der Waals surface area (Å²) in [5.41, 5.74) is 6.44. The van der Waals surface area contributed by atoms with Gasteiger partial charge in [0.25, 0.3) is 0 Å². The van der Waals surface area contributed by atoms with Crippen molar-refractivity contribution in [2.45, 2.75) is 19.4 Å². The Morgan fingerprint density at radius 2 is 2.44 bits per heavy atom. The zero-order valence-electron chi connectivity index (χ0n) is 10.4. The van der Waals surface area contributed by atoms with E-state index in [2.05, 4.69) is 10.2 Å². The quantitative estimate of drug-likeness (QED) is 0.858. The fourth-order valence-electron chi connectivity index (χ4n) is 3.12. The average Bonchev–Trinajstić information content (AvgIpc) is 3.03. The molecule has 5 heteroatoms. The molecule has 3 rings (SSSR count). The lowest BCUT2D eigenvalue weighted by atomic mass is 9.87. The molecule has 0 radical (unpaired) electrons. The van der Waals surface area contributed by atoms with Crippen molar-refractivity contribution in [3.63, 3.8) is 0 Å². The fraction of sp³-hybridized carbons (Fsp3) is 0.615. The van der Waals surface area contributed by atoms with Gasteiger partial charge < -0.3 is 11.1 Å². The first kappa shape index (κ1) is 12.1. The summed E-state index contributed by atoms with van der Waals surface area (Å²) in [5, 5.41) is 5.33. The third kappa shape index (κ3) is 2.30. The Balaban J connectivity index is 1.61. The van der Waals surface area contributed by atoms with E-state index in [9.17, 15) is 4.79 Å². The van der Waals surface area contributed by atoms with Crippen LogP contribution in [-0.4, -0.2) is 37.0 Å². The van der Waals surface area contributed by atoms with Gasteiger partial charge >= 0.3 is 0 Å². The van der Waals surface area contributed by atoms with Crippen molar-refractivity contribution >= 4 is 17.2 Å². The lowest BCUT2D eigenvalue weighted by Crippen LogP contribution is -2.28. The largest absolute Gasteiger partial charge is 0.366 e. The smallest absolute Gasteiger partial charge is 0.249 e. The van der Waals surface area contributed by atoms with Gasteiger partial charge in [-0.1, -0.05) is 0 Å². The third-order valence-electron chi connectivity index (χ3n) is 4.17. The molecule has 3 N–H and O–H groups in total. The second kappa shape index (κ2) is 4.64. The van der Waals surface area contributed by atoms with Crippen LogP contribution in [-0.2, 0) is 6.54 Å². The first-order valence-electron chi connectivity index (χ1n) is 6.47. The summed E-state index contributed by atoms with van der Waals surface area (Å²) in [6.45, 7) is 5.65. The highest BCUT2D eigenvalue weighted by molar-refractivity contribution is 7.10. The molecule has 2 aliphatic rings. The van der Waals surface area contributed by atoms with Gasteiger partial charge in [0.1, 0.15) is 0 Å². The first-order chi connectivity index (χ1) is 8.67. The molecule has 1 aromatic heterocycles. The summed E-state index contributed by atoms with van der Waals surface area (Å²) in [7, 11) is 0. The van der Waals surface area contributed by atoms with Crippen LogP contribution in [0.1, 0.15) is 28.1 Å². The van der Waals surface area contributed by atoms with Crippen LogP contribution >= 0.6 is 11.3 Å². The molecule has 2 aliphatic heterocycles. The van der Waals surface area contributed by atoms with E-state index < -0.39 is 0 Å². The summed E-state index contributed by atoms with van der Waals surface area (Å²) in [6.07, 6.45) is 2.61.